The van der Waals surface area contributed by atoms with E-state index in [0.717, 1.165) is 17.8 Å². The molecular weight excluding hydrogens is 293 g/mol. The first-order valence-electron chi connectivity index (χ1n) is 6.02. The Balaban J connectivity index is 2.22. The van der Waals surface area contributed by atoms with Crippen molar-refractivity contribution in [1.82, 2.24) is 0 Å². The average Bonchev–Trinajstić information content (AvgIpc) is 2.46. The van der Waals surface area contributed by atoms with Gasteiger partial charge in [-0.3, -0.25) is 4.79 Å². The Kier molecular flexibility index (Phi) is 4.59. The number of rotatable bonds is 5. The number of aromatic carboxylic acids is 1. The number of amides is 1. The monoisotopic (exact) mass is 305 g/mol. The summed E-state index contributed by atoms with van der Waals surface area (Å²) in [6, 6.07) is 10.4. The number of carbonyl (C=O) groups excluding carboxylic acids is 1. The van der Waals surface area contributed by atoms with Crippen molar-refractivity contribution in [2.24, 2.45) is 5.73 Å². The van der Waals surface area contributed by atoms with Crippen LogP contribution in [-0.2, 0) is 5.75 Å². The van der Waals surface area contributed by atoms with E-state index in [1.54, 1.807) is 24.3 Å². The Morgan fingerprint density at radius 2 is 1.90 bits per heavy atom. The molecule has 0 spiro atoms. The number of carboxylic acids is 1. The van der Waals surface area contributed by atoms with Crippen LogP contribution in [0.15, 0.2) is 47.4 Å². The molecule has 0 radical (unpaired) electrons. The number of halogens is 1. The Bertz CT molecular complexity index is 703. The van der Waals surface area contributed by atoms with Crippen molar-refractivity contribution in [3.05, 3.63) is 65.0 Å². The van der Waals surface area contributed by atoms with Crippen LogP contribution in [-0.4, -0.2) is 17.0 Å². The summed E-state index contributed by atoms with van der Waals surface area (Å²) in [5, 5.41) is 8.91. The molecule has 2 aromatic rings. The zero-order valence-electron chi connectivity index (χ0n) is 10.9. The Morgan fingerprint density at radius 1 is 1.19 bits per heavy atom. The summed E-state index contributed by atoms with van der Waals surface area (Å²) in [7, 11) is 0. The van der Waals surface area contributed by atoms with Crippen LogP contribution in [0.3, 0.4) is 0 Å². The fourth-order valence-corrected chi connectivity index (χ4v) is 2.77. The molecule has 21 heavy (non-hydrogen) atoms. The normalized spacial score (nSPS) is 10.3. The Labute approximate surface area is 124 Å². The molecule has 0 aliphatic rings. The third-order valence-electron chi connectivity index (χ3n) is 2.84. The van der Waals surface area contributed by atoms with E-state index in [2.05, 4.69) is 0 Å². The second-order valence-electron chi connectivity index (χ2n) is 4.26. The number of hydrogen-bond acceptors (Lipinski definition) is 3. The summed E-state index contributed by atoms with van der Waals surface area (Å²) in [5.41, 5.74) is 6.34. The van der Waals surface area contributed by atoms with Gasteiger partial charge >= 0.3 is 5.97 Å². The van der Waals surface area contributed by atoms with E-state index < -0.39 is 17.7 Å². The summed E-state index contributed by atoms with van der Waals surface area (Å²) in [5.74, 6) is -1.85. The van der Waals surface area contributed by atoms with Gasteiger partial charge in [-0.15, -0.1) is 11.8 Å². The molecule has 4 nitrogen and oxygen atoms in total. The van der Waals surface area contributed by atoms with Crippen LogP contribution < -0.4 is 5.73 Å². The minimum Gasteiger partial charge on any atom is -0.478 e. The first kappa shape index (κ1) is 15.1. The topological polar surface area (TPSA) is 80.4 Å². The van der Waals surface area contributed by atoms with Crippen molar-refractivity contribution in [1.29, 1.82) is 0 Å². The van der Waals surface area contributed by atoms with Crippen LogP contribution in [0.1, 0.15) is 26.3 Å². The van der Waals surface area contributed by atoms with Crippen LogP contribution >= 0.6 is 11.8 Å². The minimum absolute atomic E-state index is 0.0158. The molecule has 2 rings (SSSR count). The molecule has 108 valence electrons. The summed E-state index contributed by atoms with van der Waals surface area (Å²) >= 11 is 1.12. The molecule has 0 aliphatic carbocycles. The number of thioether (sulfide) groups is 1. The number of benzene rings is 2. The molecule has 0 saturated carbocycles. The average molecular weight is 305 g/mol. The molecule has 6 heteroatoms. The summed E-state index contributed by atoms with van der Waals surface area (Å²) < 4.78 is 13.7. The van der Waals surface area contributed by atoms with Gasteiger partial charge in [0.05, 0.1) is 5.56 Å². The van der Waals surface area contributed by atoms with Crippen molar-refractivity contribution in [2.75, 3.05) is 0 Å². The van der Waals surface area contributed by atoms with E-state index in [1.807, 2.05) is 0 Å². The molecule has 1 amide bonds. The number of primary amides is 1. The van der Waals surface area contributed by atoms with Gasteiger partial charge in [0.25, 0.3) is 0 Å². The van der Waals surface area contributed by atoms with Gasteiger partial charge in [-0.1, -0.05) is 18.2 Å². The maximum absolute atomic E-state index is 13.7. The lowest BCUT2D eigenvalue weighted by Gasteiger charge is -2.07. The first-order chi connectivity index (χ1) is 9.99. The van der Waals surface area contributed by atoms with E-state index in [1.165, 1.54) is 12.1 Å². The molecule has 0 saturated heterocycles. The number of nitrogens with two attached hydrogens (primary N) is 1. The van der Waals surface area contributed by atoms with Crippen LogP contribution in [0.4, 0.5) is 4.39 Å². The van der Waals surface area contributed by atoms with Gasteiger partial charge < -0.3 is 10.8 Å². The molecule has 0 bridgehead atoms. The fourth-order valence-electron chi connectivity index (χ4n) is 1.79. The van der Waals surface area contributed by atoms with Crippen molar-refractivity contribution in [3.8, 4) is 0 Å². The van der Waals surface area contributed by atoms with Gasteiger partial charge in [0, 0.05) is 16.2 Å². The largest absolute Gasteiger partial charge is 0.478 e. The van der Waals surface area contributed by atoms with E-state index in [9.17, 15) is 14.0 Å². The minimum atomic E-state index is -1.12. The molecule has 0 heterocycles. The van der Waals surface area contributed by atoms with Crippen LogP contribution in [0.25, 0.3) is 0 Å². The highest BCUT2D eigenvalue weighted by molar-refractivity contribution is 7.98. The summed E-state index contributed by atoms with van der Waals surface area (Å²) in [6.07, 6.45) is 0. The zero-order valence-corrected chi connectivity index (χ0v) is 11.7. The summed E-state index contributed by atoms with van der Waals surface area (Å²) in [4.78, 5) is 22.4. The van der Waals surface area contributed by atoms with Gasteiger partial charge in [0.15, 0.2) is 0 Å². The van der Waals surface area contributed by atoms with Crippen molar-refractivity contribution < 1.29 is 19.1 Å². The molecule has 0 fully saturated rings. The maximum Gasteiger partial charge on any atom is 0.335 e. The zero-order chi connectivity index (χ0) is 15.4. The lowest BCUT2D eigenvalue weighted by Crippen LogP contribution is -2.13. The quantitative estimate of drug-likeness (QED) is 0.832. The standard InChI is InChI=1S/C15H12FNO3S/c16-12-6-5-9(15(19)20)7-13(12)21-8-10-3-1-2-4-11(10)14(17)18/h1-7H,8H2,(H2,17,18)(H,19,20). The highest BCUT2D eigenvalue weighted by Crippen LogP contribution is 2.27. The molecule has 0 unspecified atom stereocenters. The van der Waals surface area contributed by atoms with Crippen LogP contribution in [0.5, 0.6) is 0 Å². The molecule has 0 aliphatic heterocycles. The molecule has 2 aromatic carbocycles. The van der Waals surface area contributed by atoms with Gasteiger partial charge in [-0.05, 0) is 29.8 Å². The second-order valence-corrected chi connectivity index (χ2v) is 5.28. The SMILES string of the molecule is NC(=O)c1ccccc1CSc1cc(C(=O)O)ccc1F. The Morgan fingerprint density at radius 3 is 2.57 bits per heavy atom. The predicted molar refractivity (Wildman–Crippen MR) is 77.9 cm³/mol. The van der Waals surface area contributed by atoms with Gasteiger partial charge in [0.2, 0.25) is 5.91 Å². The lowest BCUT2D eigenvalue weighted by atomic mass is 10.1. The Hall–Kier alpha value is -2.34. The van der Waals surface area contributed by atoms with E-state index >= 15 is 0 Å². The van der Waals surface area contributed by atoms with Crippen LogP contribution in [0.2, 0.25) is 0 Å². The molecule has 3 N–H and O–H groups in total. The van der Waals surface area contributed by atoms with E-state index in [-0.39, 0.29) is 10.5 Å². The van der Waals surface area contributed by atoms with E-state index in [4.69, 9.17) is 10.8 Å². The second kappa shape index (κ2) is 6.41. The summed E-state index contributed by atoms with van der Waals surface area (Å²) in [6.45, 7) is 0. The third kappa shape index (κ3) is 3.61. The van der Waals surface area contributed by atoms with Gasteiger partial charge in [0.1, 0.15) is 5.82 Å². The number of carboxylic acid groups (broad SMARTS) is 1. The van der Waals surface area contributed by atoms with Crippen LogP contribution in [0, 0.1) is 5.82 Å². The van der Waals surface area contributed by atoms with Gasteiger partial charge in [-0.25, -0.2) is 9.18 Å². The lowest BCUT2D eigenvalue weighted by molar-refractivity contribution is 0.0696. The first-order valence-corrected chi connectivity index (χ1v) is 7.01. The molecule has 0 atom stereocenters. The number of carbonyl (C=O) groups is 2. The molecular formula is C15H12FNO3S. The molecule has 0 aromatic heterocycles. The van der Waals surface area contributed by atoms with Crippen molar-refractivity contribution in [3.63, 3.8) is 0 Å². The predicted octanol–water partition coefficient (Wildman–Crippen LogP) is 2.92. The number of hydrogen-bond donors (Lipinski definition) is 2. The van der Waals surface area contributed by atoms with Crippen molar-refractivity contribution >= 4 is 23.6 Å². The maximum atomic E-state index is 13.7. The van der Waals surface area contributed by atoms with E-state index in [0.29, 0.717) is 16.9 Å². The third-order valence-corrected chi connectivity index (χ3v) is 3.92. The van der Waals surface area contributed by atoms with Crippen molar-refractivity contribution in [2.45, 2.75) is 10.6 Å². The highest BCUT2D eigenvalue weighted by atomic mass is 32.2. The fraction of sp³-hybridized carbons (Fsp3) is 0.0667. The smallest absolute Gasteiger partial charge is 0.335 e. The highest BCUT2D eigenvalue weighted by Gasteiger charge is 2.11. The van der Waals surface area contributed by atoms with Gasteiger partial charge in [-0.2, -0.15) is 0 Å².